The summed E-state index contributed by atoms with van der Waals surface area (Å²) in [6, 6.07) is 16.6. The van der Waals surface area contributed by atoms with Crippen LogP contribution < -0.4 is 0 Å². The molecular weight excluding hydrogens is 526 g/mol. The predicted octanol–water partition coefficient (Wildman–Crippen LogP) is 4.77. The van der Waals surface area contributed by atoms with Crippen LogP contribution in [0.3, 0.4) is 0 Å². The Labute approximate surface area is 244 Å². The van der Waals surface area contributed by atoms with Gasteiger partial charge in [0.2, 0.25) is 0 Å². The van der Waals surface area contributed by atoms with Crippen molar-refractivity contribution in [3.05, 3.63) is 59.7 Å². The van der Waals surface area contributed by atoms with Crippen molar-refractivity contribution in [3.8, 4) is 11.1 Å². The number of hydrogen-bond donors (Lipinski definition) is 0. The van der Waals surface area contributed by atoms with Gasteiger partial charge >= 0.3 is 6.09 Å². The van der Waals surface area contributed by atoms with Gasteiger partial charge in [-0.05, 0) is 28.7 Å². The average molecular weight is 574 g/mol. The van der Waals surface area contributed by atoms with Gasteiger partial charge in [0.05, 0.1) is 72.7 Å². The van der Waals surface area contributed by atoms with Gasteiger partial charge in [-0.2, -0.15) is 0 Å². The Bertz CT molecular complexity index is 942. The number of nitrogens with zero attached hydrogens (tertiary/aromatic N) is 1. The normalized spacial score (nSPS) is 12.3. The lowest BCUT2D eigenvalue weighted by Crippen LogP contribution is -2.32. The van der Waals surface area contributed by atoms with Crippen molar-refractivity contribution >= 4 is 6.09 Å². The van der Waals surface area contributed by atoms with Crippen LogP contribution in [0.2, 0.25) is 0 Å². The Hall–Kier alpha value is -2.53. The zero-order valence-electron chi connectivity index (χ0n) is 24.7. The molecule has 0 spiro atoms. The highest BCUT2D eigenvalue weighted by Crippen LogP contribution is 2.44. The molecule has 0 saturated carbocycles. The highest BCUT2D eigenvalue weighted by atomic mass is 16.6. The van der Waals surface area contributed by atoms with Gasteiger partial charge in [0.15, 0.2) is 0 Å². The van der Waals surface area contributed by atoms with E-state index in [0.717, 1.165) is 19.4 Å². The Morgan fingerprint density at radius 1 is 0.634 bits per heavy atom. The summed E-state index contributed by atoms with van der Waals surface area (Å²) in [5.41, 5.74) is 4.83. The number of likely N-dealkylation sites (N-methyl/N-ethyl adjacent to an activating group) is 1. The Morgan fingerprint density at radius 3 is 1.51 bits per heavy atom. The van der Waals surface area contributed by atoms with E-state index in [-0.39, 0.29) is 12.0 Å². The van der Waals surface area contributed by atoms with Gasteiger partial charge in [0, 0.05) is 26.1 Å². The van der Waals surface area contributed by atoms with Crippen LogP contribution in [0.5, 0.6) is 0 Å². The molecule has 1 aliphatic carbocycles. The van der Waals surface area contributed by atoms with E-state index in [1.165, 1.54) is 22.3 Å². The minimum Gasteiger partial charge on any atom is -0.448 e. The molecule has 2 aromatic rings. The average Bonchev–Trinajstić information content (AvgIpc) is 3.32. The molecule has 2 aromatic carbocycles. The lowest BCUT2D eigenvalue weighted by atomic mass is 9.98. The van der Waals surface area contributed by atoms with Gasteiger partial charge in [-0.3, -0.25) is 0 Å². The molecule has 0 bridgehead atoms. The summed E-state index contributed by atoms with van der Waals surface area (Å²) in [5, 5.41) is 0. The van der Waals surface area contributed by atoms with Crippen LogP contribution in [0.4, 0.5) is 4.79 Å². The molecule has 0 unspecified atom stereocenters. The lowest BCUT2D eigenvalue weighted by Gasteiger charge is -2.19. The first-order valence-electron chi connectivity index (χ1n) is 14.7. The van der Waals surface area contributed by atoms with E-state index in [0.29, 0.717) is 85.8 Å². The second-order valence-electron chi connectivity index (χ2n) is 9.75. The second kappa shape index (κ2) is 20.4. The summed E-state index contributed by atoms with van der Waals surface area (Å²) >= 11 is 0. The maximum atomic E-state index is 12.5. The Kier molecular flexibility index (Phi) is 16.4. The van der Waals surface area contributed by atoms with E-state index in [1.54, 1.807) is 11.9 Å². The number of hydrogen-bond acceptors (Lipinski definition) is 8. The molecule has 0 N–H and O–H groups in total. The van der Waals surface area contributed by atoms with E-state index >= 15 is 0 Å². The topological polar surface area (TPSA) is 84.9 Å². The molecule has 0 saturated heterocycles. The monoisotopic (exact) mass is 573 g/mol. The third-order valence-electron chi connectivity index (χ3n) is 6.72. The van der Waals surface area contributed by atoms with Crippen LogP contribution in [0.15, 0.2) is 48.5 Å². The Balaban J connectivity index is 1.11. The maximum Gasteiger partial charge on any atom is 0.409 e. The van der Waals surface area contributed by atoms with E-state index in [9.17, 15) is 4.79 Å². The van der Waals surface area contributed by atoms with E-state index in [4.69, 9.17) is 33.2 Å². The molecular formula is C32H47NO8. The van der Waals surface area contributed by atoms with Crippen molar-refractivity contribution < 1.29 is 38.0 Å². The van der Waals surface area contributed by atoms with Gasteiger partial charge in [-0.15, -0.1) is 0 Å². The van der Waals surface area contributed by atoms with Gasteiger partial charge in [-0.1, -0.05) is 61.9 Å². The van der Waals surface area contributed by atoms with Crippen LogP contribution in [-0.4, -0.2) is 110 Å². The number of fused-ring (bicyclic) bond motifs is 3. The van der Waals surface area contributed by atoms with Gasteiger partial charge < -0.3 is 38.1 Å². The standard InChI is InChI=1S/C32H47NO8/c1-3-4-14-35-16-18-37-20-22-39-24-25-40-23-21-38-19-17-36-15-13-33(2)32(34)41-26-31-29-11-7-5-9-27(29)28-10-6-8-12-30(28)31/h5-12,31H,3-4,13-26H2,1-2H3. The summed E-state index contributed by atoms with van der Waals surface area (Å²) in [4.78, 5) is 14.1. The molecule has 0 heterocycles. The molecule has 9 heteroatoms. The van der Waals surface area contributed by atoms with Crippen LogP contribution in [0.1, 0.15) is 36.8 Å². The molecule has 3 rings (SSSR count). The van der Waals surface area contributed by atoms with Crippen molar-refractivity contribution in [2.45, 2.75) is 25.7 Å². The minimum absolute atomic E-state index is 0.0508. The summed E-state index contributed by atoms with van der Waals surface area (Å²) in [6.45, 7) is 9.38. The molecule has 0 aromatic heterocycles. The number of benzene rings is 2. The van der Waals surface area contributed by atoms with E-state index in [2.05, 4.69) is 31.2 Å². The highest BCUT2D eigenvalue weighted by Gasteiger charge is 2.29. The fourth-order valence-corrected chi connectivity index (χ4v) is 4.45. The third kappa shape index (κ3) is 12.1. The smallest absolute Gasteiger partial charge is 0.409 e. The predicted molar refractivity (Wildman–Crippen MR) is 158 cm³/mol. The number of carbonyl (C=O) groups excluding carboxylic acids is 1. The molecule has 41 heavy (non-hydrogen) atoms. The number of ether oxygens (including phenoxy) is 7. The molecule has 228 valence electrons. The van der Waals surface area contributed by atoms with E-state index < -0.39 is 0 Å². The number of carbonyl (C=O) groups is 1. The quantitative estimate of drug-likeness (QED) is 0.176. The summed E-state index contributed by atoms with van der Waals surface area (Å²) in [6.07, 6.45) is 1.88. The SMILES string of the molecule is CCCCOCCOCCOCCOCCOCCOCCN(C)C(=O)OCC1c2ccccc2-c2ccccc21. The zero-order valence-corrected chi connectivity index (χ0v) is 24.7. The summed E-state index contributed by atoms with van der Waals surface area (Å²) in [7, 11) is 1.72. The molecule has 1 aliphatic rings. The first-order valence-corrected chi connectivity index (χ1v) is 14.7. The van der Waals surface area contributed by atoms with Gasteiger partial charge in [-0.25, -0.2) is 4.79 Å². The maximum absolute atomic E-state index is 12.5. The molecule has 0 fully saturated rings. The third-order valence-corrected chi connectivity index (χ3v) is 6.72. The number of unbranched alkanes of at least 4 members (excludes halogenated alkanes) is 1. The first kappa shape index (κ1) is 33.0. The first-order chi connectivity index (χ1) is 20.2. The molecule has 0 aliphatic heterocycles. The zero-order chi connectivity index (χ0) is 29.0. The van der Waals surface area contributed by atoms with Gasteiger partial charge in [0.1, 0.15) is 6.61 Å². The second-order valence-corrected chi connectivity index (χ2v) is 9.75. The Morgan fingerprint density at radius 2 is 1.05 bits per heavy atom. The van der Waals surface area contributed by atoms with Crippen LogP contribution >= 0.6 is 0 Å². The van der Waals surface area contributed by atoms with Crippen molar-refractivity contribution in [2.24, 2.45) is 0 Å². The molecule has 1 amide bonds. The van der Waals surface area contributed by atoms with E-state index in [1.807, 2.05) is 24.3 Å². The summed E-state index contributed by atoms with van der Waals surface area (Å²) in [5.74, 6) is 0.0508. The fourth-order valence-electron chi connectivity index (χ4n) is 4.45. The lowest BCUT2D eigenvalue weighted by molar-refractivity contribution is -0.0173. The molecule has 0 radical (unpaired) electrons. The van der Waals surface area contributed by atoms with Crippen molar-refractivity contribution in [3.63, 3.8) is 0 Å². The van der Waals surface area contributed by atoms with Crippen molar-refractivity contribution in [1.82, 2.24) is 4.90 Å². The highest BCUT2D eigenvalue weighted by molar-refractivity contribution is 5.79. The largest absolute Gasteiger partial charge is 0.448 e. The minimum atomic E-state index is -0.354. The fraction of sp³-hybridized carbons (Fsp3) is 0.594. The van der Waals surface area contributed by atoms with Crippen molar-refractivity contribution in [2.75, 3.05) is 99.5 Å². The van der Waals surface area contributed by atoms with Crippen LogP contribution in [-0.2, 0) is 33.2 Å². The van der Waals surface area contributed by atoms with Crippen LogP contribution in [0.25, 0.3) is 11.1 Å². The van der Waals surface area contributed by atoms with Gasteiger partial charge in [0.25, 0.3) is 0 Å². The van der Waals surface area contributed by atoms with Crippen LogP contribution in [0, 0.1) is 0 Å². The van der Waals surface area contributed by atoms with Crippen molar-refractivity contribution in [1.29, 1.82) is 0 Å². The summed E-state index contributed by atoms with van der Waals surface area (Å²) < 4.78 is 38.6. The number of amides is 1. The molecule has 9 nitrogen and oxygen atoms in total. The molecule has 0 atom stereocenters. The number of rotatable bonds is 23.